The Hall–Kier alpha value is -1.47. The molecule has 6 nitrogen and oxygen atoms in total. The van der Waals surface area contributed by atoms with Crippen molar-refractivity contribution in [3.8, 4) is 0 Å². The second-order valence-corrected chi connectivity index (χ2v) is 4.73. The minimum absolute atomic E-state index is 0.0867. The first-order valence-corrected chi connectivity index (χ1v) is 6.57. The zero-order valence-corrected chi connectivity index (χ0v) is 11.8. The summed E-state index contributed by atoms with van der Waals surface area (Å²) >= 11 is 1.33. The summed E-state index contributed by atoms with van der Waals surface area (Å²) < 4.78 is 11.2. The molecule has 0 saturated heterocycles. The number of ether oxygens (including phenoxy) is 1. The molecule has 0 fully saturated rings. The van der Waals surface area contributed by atoms with Gasteiger partial charge < -0.3 is 10.1 Å². The second kappa shape index (κ2) is 5.45. The van der Waals surface area contributed by atoms with Crippen LogP contribution in [0.1, 0.15) is 31.5 Å². The average molecular weight is 267 g/mol. The zero-order chi connectivity index (χ0) is 13.1. The van der Waals surface area contributed by atoms with Crippen molar-refractivity contribution in [1.29, 1.82) is 0 Å². The Balaban J connectivity index is 2.15. The lowest BCUT2D eigenvalue weighted by atomic mass is 10.3. The van der Waals surface area contributed by atoms with Gasteiger partial charge in [0.15, 0.2) is 5.82 Å². The maximum atomic E-state index is 5.19. The Morgan fingerprint density at radius 1 is 1.56 bits per heavy atom. The van der Waals surface area contributed by atoms with Crippen LogP contribution in [-0.4, -0.2) is 26.2 Å². The van der Waals surface area contributed by atoms with E-state index in [9.17, 15) is 0 Å². The molecule has 0 aliphatic heterocycles. The highest BCUT2D eigenvalue weighted by Gasteiger charge is 2.13. The molecular formula is C11H17N5OS. The summed E-state index contributed by atoms with van der Waals surface area (Å²) in [5.74, 6) is 0.701. The quantitative estimate of drug-likeness (QED) is 0.900. The molecule has 0 radical (unpaired) electrons. The Labute approximate surface area is 110 Å². The van der Waals surface area contributed by atoms with Gasteiger partial charge >= 0.3 is 0 Å². The summed E-state index contributed by atoms with van der Waals surface area (Å²) in [7, 11) is 3.55. The fourth-order valence-corrected chi connectivity index (χ4v) is 2.23. The third-order valence-electron chi connectivity index (χ3n) is 2.64. The van der Waals surface area contributed by atoms with Crippen LogP contribution >= 0.6 is 11.5 Å². The second-order valence-electron chi connectivity index (χ2n) is 3.98. The highest BCUT2D eigenvalue weighted by molar-refractivity contribution is 7.09. The van der Waals surface area contributed by atoms with Crippen LogP contribution in [0.2, 0.25) is 0 Å². The fraction of sp³-hybridized carbons (Fsp3) is 0.545. The molecule has 18 heavy (non-hydrogen) atoms. The summed E-state index contributed by atoms with van der Waals surface area (Å²) in [5.41, 5.74) is 2.00. The van der Waals surface area contributed by atoms with Gasteiger partial charge in [-0.2, -0.15) is 9.47 Å². The van der Waals surface area contributed by atoms with Gasteiger partial charge in [0.2, 0.25) is 5.13 Å². The molecule has 0 amide bonds. The molecule has 0 saturated carbocycles. The molecule has 7 heteroatoms. The number of nitrogens with one attached hydrogen (secondary N) is 1. The molecule has 1 atom stereocenters. The summed E-state index contributed by atoms with van der Waals surface area (Å²) in [4.78, 5) is 4.40. The Bertz CT molecular complexity index is 521. The summed E-state index contributed by atoms with van der Waals surface area (Å²) in [6.07, 6.45) is 2.74. The summed E-state index contributed by atoms with van der Waals surface area (Å²) in [6.45, 7) is 4.00. The largest absolute Gasteiger partial charge is 0.374 e. The molecule has 1 N–H and O–H groups in total. The van der Waals surface area contributed by atoms with Crippen molar-refractivity contribution in [3.63, 3.8) is 0 Å². The molecule has 2 heterocycles. The predicted molar refractivity (Wildman–Crippen MR) is 71.2 cm³/mol. The van der Waals surface area contributed by atoms with Crippen molar-refractivity contribution in [3.05, 3.63) is 17.7 Å². The first-order valence-electron chi connectivity index (χ1n) is 5.80. The molecular weight excluding hydrogens is 250 g/mol. The van der Waals surface area contributed by atoms with Gasteiger partial charge in [-0.15, -0.1) is 0 Å². The maximum absolute atomic E-state index is 5.19. The van der Waals surface area contributed by atoms with E-state index in [1.165, 1.54) is 11.5 Å². The number of aryl methyl sites for hydroxylation is 2. The highest BCUT2D eigenvalue weighted by Crippen LogP contribution is 2.24. The van der Waals surface area contributed by atoms with Crippen molar-refractivity contribution in [1.82, 2.24) is 19.1 Å². The molecule has 1 unspecified atom stereocenters. The van der Waals surface area contributed by atoms with E-state index in [1.807, 2.05) is 20.2 Å². The summed E-state index contributed by atoms with van der Waals surface area (Å²) in [5, 5.41) is 8.38. The molecule has 0 aromatic carbocycles. The molecule has 2 rings (SSSR count). The Kier molecular flexibility index (Phi) is 3.93. The van der Waals surface area contributed by atoms with Gasteiger partial charge in [0.05, 0.1) is 11.4 Å². The van der Waals surface area contributed by atoms with Crippen LogP contribution in [-0.2, 0) is 18.2 Å². The number of methoxy groups -OCH3 is 1. The predicted octanol–water partition coefficient (Wildman–Crippen LogP) is 2.29. The first-order chi connectivity index (χ1) is 8.63. The SMILES string of the molecule is CCc1nn(C)cc1Nc1nc(C(C)OC)ns1. The molecule has 98 valence electrons. The van der Waals surface area contributed by atoms with Crippen molar-refractivity contribution in [2.75, 3.05) is 12.4 Å². The van der Waals surface area contributed by atoms with Crippen molar-refractivity contribution in [2.24, 2.45) is 7.05 Å². The Morgan fingerprint density at radius 3 is 3.00 bits per heavy atom. The van der Waals surface area contributed by atoms with Crippen LogP contribution in [0.25, 0.3) is 0 Å². The number of hydrogen-bond donors (Lipinski definition) is 1. The third-order valence-corrected chi connectivity index (χ3v) is 3.29. The average Bonchev–Trinajstić information content (AvgIpc) is 2.95. The summed E-state index contributed by atoms with van der Waals surface area (Å²) in [6, 6.07) is 0. The molecule has 2 aromatic heterocycles. The number of aromatic nitrogens is 4. The molecule has 0 bridgehead atoms. The van der Waals surface area contributed by atoms with Crippen LogP contribution in [0, 0.1) is 0 Å². The van der Waals surface area contributed by atoms with E-state index in [4.69, 9.17) is 4.74 Å². The first kappa shape index (κ1) is 13.0. The van der Waals surface area contributed by atoms with Crippen LogP contribution in [0.4, 0.5) is 10.8 Å². The Morgan fingerprint density at radius 2 is 2.33 bits per heavy atom. The normalized spacial score (nSPS) is 12.7. The van der Waals surface area contributed by atoms with Gasteiger partial charge in [0, 0.05) is 31.9 Å². The standard InChI is InChI=1S/C11H17N5OS/c1-5-8-9(6-16(3)14-8)12-11-13-10(15-18-11)7(2)17-4/h6-7H,5H2,1-4H3,(H,12,13,15). The van der Waals surface area contributed by atoms with Gasteiger partial charge in [0.1, 0.15) is 6.10 Å². The number of nitrogens with zero attached hydrogens (tertiary/aromatic N) is 4. The fourth-order valence-electron chi connectivity index (χ4n) is 1.57. The van der Waals surface area contributed by atoms with Gasteiger partial charge in [-0.25, -0.2) is 4.98 Å². The van der Waals surface area contributed by atoms with E-state index in [0.29, 0.717) is 5.82 Å². The lowest BCUT2D eigenvalue weighted by Crippen LogP contribution is -1.98. The molecule has 0 aliphatic rings. The van der Waals surface area contributed by atoms with Crippen molar-refractivity contribution >= 4 is 22.4 Å². The smallest absolute Gasteiger partial charge is 0.207 e. The van der Waals surface area contributed by atoms with E-state index >= 15 is 0 Å². The van der Waals surface area contributed by atoms with E-state index in [1.54, 1.807) is 11.8 Å². The van der Waals surface area contributed by atoms with E-state index < -0.39 is 0 Å². The van der Waals surface area contributed by atoms with Gasteiger partial charge in [-0.05, 0) is 13.3 Å². The maximum Gasteiger partial charge on any atom is 0.207 e. The van der Waals surface area contributed by atoms with Crippen LogP contribution in [0.5, 0.6) is 0 Å². The zero-order valence-electron chi connectivity index (χ0n) is 11.0. The van der Waals surface area contributed by atoms with E-state index in [0.717, 1.165) is 22.9 Å². The number of hydrogen-bond acceptors (Lipinski definition) is 6. The van der Waals surface area contributed by atoms with E-state index in [-0.39, 0.29) is 6.10 Å². The molecule has 0 aliphatic carbocycles. The third kappa shape index (κ3) is 2.68. The number of anilines is 2. The van der Waals surface area contributed by atoms with Crippen molar-refractivity contribution in [2.45, 2.75) is 26.4 Å². The lowest BCUT2D eigenvalue weighted by molar-refractivity contribution is 0.113. The van der Waals surface area contributed by atoms with Gasteiger partial charge in [0.25, 0.3) is 0 Å². The van der Waals surface area contributed by atoms with Crippen LogP contribution < -0.4 is 5.32 Å². The monoisotopic (exact) mass is 267 g/mol. The number of rotatable bonds is 5. The molecule has 2 aromatic rings. The highest BCUT2D eigenvalue weighted by atomic mass is 32.1. The minimum Gasteiger partial charge on any atom is -0.374 e. The van der Waals surface area contributed by atoms with Crippen LogP contribution in [0.15, 0.2) is 6.20 Å². The minimum atomic E-state index is -0.0867. The van der Waals surface area contributed by atoms with Gasteiger partial charge in [-0.1, -0.05) is 6.92 Å². The van der Waals surface area contributed by atoms with E-state index in [2.05, 4.69) is 26.7 Å². The lowest BCUT2D eigenvalue weighted by Gasteiger charge is -2.03. The van der Waals surface area contributed by atoms with Crippen molar-refractivity contribution < 1.29 is 4.74 Å². The van der Waals surface area contributed by atoms with Gasteiger partial charge in [-0.3, -0.25) is 4.68 Å². The van der Waals surface area contributed by atoms with Crippen LogP contribution in [0.3, 0.4) is 0 Å². The molecule has 0 spiro atoms. The topological polar surface area (TPSA) is 64.9 Å².